The molecule has 2 rings (SSSR count). The molecule has 0 radical (unpaired) electrons. The first-order chi connectivity index (χ1) is 5.06. The van der Waals surface area contributed by atoms with Gasteiger partial charge in [0.1, 0.15) is 12.2 Å². The average Bonchev–Trinajstić information content (AvgIpc) is 2.50. The first kappa shape index (κ1) is 7.48. The molecule has 1 saturated carbocycles. The van der Waals surface area contributed by atoms with Crippen molar-refractivity contribution < 1.29 is 21.9 Å². The highest BCUT2D eigenvalue weighted by molar-refractivity contribution is 7.80. The van der Waals surface area contributed by atoms with Gasteiger partial charge in [-0.1, -0.05) is 0 Å². The van der Waals surface area contributed by atoms with Crippen molar-refractivity contribution in [2.45, 2.75) is 31.2 Å². The Balaban J connectivity index is 1.97. The lowest BCUT2D eigenvalue weighted by Gasteiger charge is -2.07. The molecule has 1 aliphatic heterocycles. The zero-order valence-electron chi connectivity index (χ0n) is 5.63. The summed E-state index contributed by atoms with van der Waals surface area (Å²) in [4.78, 5) is 0. The minimum Gasteiger partial charge on any atom is -0.367 e. The second-order valence-corrected chi connectivity index (χ2v) is 3.83. The van der Waals surface area contributed by atoms with Gasteiger partial charge >= 0.3 is 10.4 Å². The van der Waals surface area contributed by atoms with Crippen LogP contribution < -0.4 is 0 Å². The van der Waals surface area contributed by atoms with Crippen LogP contribution in [0.15, 0.2) is 0 Å². The van der Waals surface area contributed by atoms with Gasteiger partial charge in [0.05, 0.1) is 6.10 Å². The van der Waals surface area contributed by atoms with Crippen LogP contribution in [0.25, 0.3) is 0 Å². The molecule has 0 bridgehead atoms. The summed E-state index contributed by atoms with van der Waals surface area (Å²) >= 11 is 0. The van der Waals surface area contributed by atoms with Gasteiger partial charge in [-0.25, -0.2) is 4.18 Å². The fourth-order valence-corrected chi connectivity index (χ4v) is 1.99. The van der Waals surface area contributed by atoms with E-state index in [0.29, 0.717) is 6.42 Å². The smallest absolute Gasteiger partial charge is 0.367 e. The highest BCUT2D eigenvalue weighted by atomic mass is 32.3. The SMILES string of the molecule is O=S(=O)(O)O[C@@H]1CC[C@H]2O[C@H]21. The molecule has 11 heavy (non-hydrogen) atoms. The zero-order valence-corrected chi connectivity index (χ0v) is 6.45. The summed E-state index contributed by atoms with van der Waals surface area (Å²) in [5.74, 6) is 0. The van der Waals surface area contributed by atoms with E-state index < -0.39 is 16.5 Å². The largest absolute Gasteiger partial charge is 0.397 e. The number of fused-ring (bicyclic) bond motifs is 1. The van der Waals surface area contributed by atoms with E-state index in [0.717, 1.165) is 6.42 Å². The molecule has 3 atom stereocenters. The van der Waals surface area contributed by atoms with Crippen molar-refractivity contribution in [1.29, 1.82) is 0 Å². The Morgan fingerprint density at radius 2 is 2.18 bits per heavy atom. The number of rotatable bonds is 2. The molecule has 1 N–H and O–H groups in total. The Labute approximate surface area is 64.3 Å². The van der Waals surface area contributed by atoms with Crippen molar-refractivity contribution in [2.24, 2.45) is 0 Å². The van der Waals surface area contributed by atoms with Gasteiger partial charge < -0.3 is 4.74 Å². The Kier molecular flexibility index (Phi) is 1.47. The maximum atomic E-state index is 10.2. The normalized spacial score (nSPS) is 42.1. The van der Waals surface area contributed by atoms with Crippen molar-refractivity contribution in [3.63, 3.8) is 0 Å². The molecule has 1 saturated heterocycles. The quantitative estimate of drug-likeness (QED) is 0.468. The molecule has 1 aliphatic carbocycles. The molecule has 64 valence electrons. The molecule has 2 aliphatic rings. The summed E-state index contributed by atoms with van der Waals surface area (Å²) < 4.78 is 38.1. The summed E-state index contributed by atoms with van der Waals surface area (Å²) in [7, 11) is -4.29. The van der Waals surface area contributed by atoms with E-state index in [9.17, 15) is 8.42 Å². The molecule has 2 fully saturated rings. The summed E-state index contributed by atoms with van der Waals surface area (Å²) in [6.45, 7) is 0. The molecule has 0 amide bonds. The van der Waals surface area contributed by atoms with Gasteiger partial charge in [-0.15, -0.1) is 0 Å². The third-order valence-electron chi connectivity index (χ3n) is 1.97. The van der Waals surface area contributed by atoms with Crippen LogP contribution in [0.1, 0.15) is 12.8 Å². The van der Waals surface area contributed by atoms with E-state index in [-0.39, 0.29) is 12.2 Å². The van der Waals surface area contributed by atoms with E-state index in [1.165, 1.54) is 0 Å². The lowest BCUT2D eigenvalue weighted by molar-refractivity contribution is 0.131. The van der Waals surface area contributed by atoms with Crippen LogP contribution in [0.5, 0.6) is 0 Å². The summed E-state index contributed by atoms with van der Waals surface area (Å²) in [5, 5.41) is 0. The fourth-order valence-electron chi connectivity index (χ4n) is 1.47. The molecule has 0 spiro atoms. The van der Waals surface area contributed by atoms with Gasteiger partial charge in [-0.3, -0.25) is 4.55 Å². The second kappa shape index (κ2) is 2.16. The Bertz CT molecular complexity index is 258. The van der Waals surface area contributed by atoms with Gasteiger partial charge in [-0.2, -0.15) is 8.42 Å². The van der Waals surface area contributed by atoms with Gasteiger partial charge in [-0.05, 0) is 12.8 Å². The third kappa shape index (κ3) is 1.53. The van der Waals surface area contributed by atoms with E-state index in [4.69, 9.17) is 9.29 Å². The van der Waals surface area contributed by atoms with E-state index in [1.807, 2.05) is 0 Å². The molecular weight excluding hydrogens is 172 g/mol. The molecule has 0 unspecified atom stereocenters. The van der Waals surface area contributed by atoms with Crippen LogP contribution in [-0.2, 0) is 19.3 Å². The fraction of sp³-hybridized carbons (Fsp3) is 1.00. The van der Waals surface area contributed by atoms with Crippen LogP contribution in [0.3, 0.4) is 0 Å². The van der Waals surface area contributed by atoms with Gasteiger partial charge in [0, 0.05) is 0 Å². The maximum absolute atomic E-state index is 10.2. The summed E-state index contributed by atoms with van der Waals surface area (Å²) in [6.07, 6.45) is 1.08. The Morgan fingerprint density at radius 1 is 1.45 bits per heavy atom. The summed E-state index contributed by atoms with van der Waals surface area (Å²) in [5.41, 5.74) is 0. The predicted molar refractivity (Wildman–Crippen MR) is 34.3 cm³/mol. The number of epoxide rings is 1. The zero-order chi connectivity index (χ0) is 8.06. The van der Waals surface area contributed by atoms with Crippen molar-refractivity contribution >= 4 is 10.4 Å². The molecule has 0 aromatic carbocycles. The molecule has 5 nitrogen and oxygen atoms in total. The van der Waals surface area contributed by atoms with Crippen molar-refractivity contribution in [2.75, 3.05) is 0 Å². The Morgan fingerprint density at radius 3 is 2.55 bits per heavy atom. The highest BCUT2D eigenvalue weighted by Crippen LogP contribution is 2.40. The first-order valence-electron chi connectivity index (χ1n) is 3.37. The van der Waals surface area contributed by atoms with E-state index in [1.54, 1.807) is 0 Å². The van der Waals surface area contributed by atoms with E-state index in [2.05, 4.69) is 4.18 Å². The first-order valence-corrected chi connectivity index (χ1v) is 4.74. The molecular formula is C5H8O5S. The van der Waals surface area contributed by atoms with Crippen LogP contribution in [-0.4, -0.2) is 31.3 Å². The Hall–Kier alpha value is -0.170. The molecule has 6 heteroatoms. The third-order valence-corrected chi connectivity index (χ3v) is 2.46. The van der Waals surface area contributed by atoms with Crippen LogP contribution in [0.2, 0.25) is 0 Å². The molecule has 1 heterocycles. The maximum Gasteiger partial charge on any atom is 0.397 e. The van der Waals surface area contributed by atoms with Crippen molar-refractivity contribution in [1.82, 2.24) is 0 Å². The molecule has 0 aromatic heterocycles. The number of hydrogen-bond acceptors (Lipinski definition) is 4. The average molecular weight is 180 g/mol. The van der Waals surface area contributed by atoms with Gasteiger partial charge in [0.15, 0.2) is 0 Å². The number of hydrogen-bond donors (Lipinski definition) is 1. The topological polar surface area (TPSA) is 76.1 Å². The van der Waals surface area contributed by atoms with Crippen molar-refractivity contribution in [3.8, 4) is 0 Å². The monoisotopic (exact) mass is 180 g/mol. The standard InChI is InChI=1S/C5H8O5S/c6-11(7,8)10-4-2-1-3-5(4)9-3/h3-5H,1-2H2,(H,6,7,8)/t3-,4-,5-/m1/s1. The van der Waals surface area contributed by atoms with Gasteiger partial charge in [0.2, 0.25) is 0 Å². The highest BCUT2D eigenvalue weighted by Gasteiger charge is 2.52. The van der Waals surface area contributed by atoms with Crippen molar-refractivity contribution in [3.05, 3.63) is 0 Å². The van der Waals surface area contributed by atoms with E-state index >= 15 is 0 Å². The lowest BCUT2D eigenvalue weighted by Crippen LogP contribution is -2.20. The van der Waals surface area contributed by atoms with Gasteiger partial charge in [0.25, 0.3) is 0 Å². The van der Waals surface area contributed by atoms with Crippen LogP contribution in [0, 0.1) is 0 Å². The lowest BCUT2D eigenvalue weighted by atomic mass is 10.3. The molecule has 0 aromatic rings. The van der Waals surface area contributed by atoms with Crippen LogP contribution >= 0.6 is 0 Å². The number of ether oxygens (including phenoxy) is 1. The minimum atomic E-state index is -4.29. The van der Waals surface area contributed by atoms with Crippen LogP contribution in [0.4, 0.5) is 0 Å². The summed E-state index contributed by atoms with van der Waals surface area (Å²) in [6, 6.07) is 0. The second-order valence-electron chi connectivity index (χ2n) is 2.78. The predicted octanol–water partition coefficient (Wildman–Crippen LogP) is -0.264. The minimum absolute atomic E-state index is 0.100.